The van der Waals surface area contributed by atoms with E-state index in [-0.39, 0.29) is 6.10 Å². The van der Waals surface area contributed by atoms with Crippen LogP contribution in [0.1, 0.15) is 35.3 Å². The molecule has 0 unspecified atom stereocenters. The second-order valence-corrected chi connectivity index (χ2v) is 7.15. The number of aryl methyl sites for hydroxylation is 3. The Labute approximate surface area is 117 Å². The molecule has 0 heterocycles. The highest BCUT2D eigenvalue weighted by Crippen LogP contribution is 2.29. The second kappa shape index (κ2) is 6.63. The van der Waals surface area contributed by atoms with Gasteiger partial charge in [0.2, 0.25) is 0 Å². The monoisotopic (exact) mass is 284 g/mol. The van der Waals surface area contributed by atoms with Crippen LogP contribution in [0.4, 0.5) is 0 Å². The van der Waals surface area contributed by atoms with Gasteiger partial charge in [0, 0.05) is 21.3 Å². The zero-order chi connectivity index (χ0) is 14.6. The minimum atomic E-state index is -3.02. The van der Waals surface area contributed by atoms with Gasteiger partial charge in [-0.05, 0) is 44.4 Å². The van der Waals surface area contributed by atoms with E-state index in [1.165, 1.54) is 16.7 Å². The van der Waals surface area contributed by atoms with E-state index in [9.17, 15) is 0 Å². The van der Waals surface area contributed by atoms with E-state index in [0.29, 0.717) is 0 Å². The fourth-order valence-corrected chi connectivity index (χ4v) is 3.84. The fourth-order valence-electron chi connectivity index (χ4n) is 2.50. The van der Waals surface area contributed by atoms with E-state index in [1.807, 2.05) is 6.92 Å². The maximum Gasteiger partial charge on any atom is 0.679 e. The molecule has 1 aromatic rings. The number of hydrogen-bond acceptors (Lipinski definition) is 4. The molecule has 1 aromatic carbocycles. The Balaban J connectivity index is 3.04. The first-order valence-corrected chi connectivity index (χ1v) is 7.93. The van der Waals surface area contributed by atoms with Gasteiger partial charge in [-0.2, -0.15) is 0 Å². The van der Waals surface area contributed by atoms with Crippen LogP contribution >= 0.6 is 0 Å². The highest BCUT2D eigenvalue weighted by atomic mass is 28.4. The third-order valence-electron chi connectivity index (χ3n) is 3.22. The molecule has 0 aliphatic carbocycles. The van der Waals surface area contributed by atoms with Gasteiger partial charge in [-0.3, -0.25) is 0 Å². The molecule has 0 fully saturated rings. The van der Waals surface area contributed by atoms with Crippen LogP contribution in [-0.4, -0.2) is 30.4 Å². The van der Waals surface area contributed by atoms with E-state index in [1.54, 1.807) is 21.3 Å². The average molecular weight is 284 g/mol. The molecule has 0 saturated carbocycles. The van der Waals surface area contributed by atoms with Crippen molar-refractivity contribution in [3.63, 3.8) is 0 Å². The normalized spacial score (nSPS) is 13.6. The van der Waals surface area contributed by atoms with Gasteiger partial charge in [0.25, 0.3) is 0 Å². The number of hydrogen-bond donors (Lipinski definition) is 0. The molecule has 0 aliphatic rings. The fraction of sp³-hybridized carbons (Fsp3) is 0.571. The molecule has 0 saturated heterocycles. The molecule has 1 atom stereocenters. The highest BCUT2D eigenvalue weighted by molar-refractivity contribution is 6.53. The van der Waals surface area contributed by atoms with Crippen LogP contribution in [0.15, 0.2) is 12.1 Å². The van der Waals surface area contributed by atoms with Gasteiger partial charge in [-0.1, -0.05) is 17.7 Å². The summed E-state index contributed by atoms with van der Waals surface area (Å²) < 4.78 is 21.9. The summed E-state index contributed by atoms with van der Waals surface area (Å²) in [5.74, 6) is 0. The van der Waals surface area contributed by atoms with Crippen LogP contribution in [0, 0.1) is 20.8 Å². The maximum atomic E-state index is 5.95. The lowest BCUT2D eigenvalue weighted by atomic mass is 9.96. The van der Waals surface area contributed by atoms with Gasteiger partial charge < -0.3 is 17.7 Å². The van der Waals surface area contributed by atoms with Crippen molar-refractivity contribution in [3.8, 4) is 0 Å². The molecule has 4 nitrogen and oxygen atoms in total. The molecule has 5 heteroatoms. The van der Waals surface area contributed by atoms with Crippen molar-refractivity contribution >= 4 is 9.05 Å². The summed E-state index contributed by atoms with van der Waals surface area (Å²) in [4.78, 5) is 0. The predicted molar refractivity (Wildman–Crippen MR) is 76.9 cm³/mol. The summed E-state index contributed by atoms with van der Waals surface area (Å²) in [5, 5.41) is 0. The van der Waals surface area contributed by atoms with E-state index in [0.717, 1.165) is 5.56 Å². The first-order valence-electron chi connectivity index (χ1n) is 6.30. The smallest absolute Gasteiger partial charge is 0.355 e. The van der Waals surface area contributed by atoms with Crippen molar-refractivity contribution in [1.29, 1.82) is 0 Å². The number of rotatable bonds is 6. The summed E-state index contributed by atoms with van der Waals surface area (Å²) in [6, 6.07) is 4.30. The standard InChI is InChI=1S/C14H24O4Si/c1-10-8-11(2)14(12(3)9-10)13(4)18-19(15-5,16-6)17-7/h8-9,13H,1-7H3/t13-/m1/s1. The van der Waals surface area contributed by atoms with Crippen LogP contribution in [0.5, 0.6) is 0 Å². The maximum absolute atomic E-state index is 5.95. The third kappa shape index (κ3) is 3.64. The molecule has 0 aromatic heterocycles. The number of benzene rings is 1. The van der Waals surface area contributed by atoms with Crippen molar-refractivity contribution < 1.29 is 17.7 Å². The summed E-state index contributed by atoms with van der Waals surface area (Å²) in [6.45, 7) is 8.26. The van der Waals surface area contributed by atoms with Crippen molar-refractivity contribution in [2.75, 3.05) is 21.3 Å². The summed E-state index contributed by atoms with van der Waals surface area (Å²) in [5.41, 5.74) is 4.82. The molecule has 0 spiro atoms. The van der Waals surface area contributed by atoms with Gasteiger partial charge in [0.1, 0.15) is 0 Å². The molecule has 0 bridgehead atoms. The predicted octanol–water partition coefficient (Wildman–Crippen LogP) is 3.06. The Kier molecular flexibility index (Phi) is 5.70. The lowest BCUT2D eigenvalue weighted by molar-refractivity contribution is -0.0185. The van der Waals surface area contributed by atoms with Crippen LogP contribution in [0.25, 0.3) is 0 Å². The van der Waals surface area contributed by atoms with Gasteiger partial charge in [0.15, 0.2) is 0 Å². The van der Waals surface area contributed by atoms with E-state index in [4.69, 9.17) is 17.7 Å². The van der Waals surface area contributed by atoms with E-state index < -0.39 is 9.05 Å². The summed E-state index contributed by atoms with van der Waals surface area (Å²) in [7, 11) is 1.60. The Bertz CT molecular complexity index is 398. The SMILES string of the molecule is CO[Si](OC)(OC)O[C@H](C)c1c(C)cc(C)cc1C. The van der Waals surface area contributed by atoms with Crippen LogP contribution in [0.3, 0.4) is 0 Å². The molecule has 19 heavy (non-hydrogen) atoms. The van der Waals surface area contributed by atoms with Crippen molar-refractivity contribution in [2.45, 2.75) is 33.8 Å². The van der Waals surface area contributed by atoms with Crippen LogP contribution in [-0.2, 0) is 17.7 Å². The zero-order valence-electron chi connectivity index (χ0n) is 12.9. The Morgan fingerprint density at radius 1 is 0.895 bits per heavy atom. The third-order valence-corrected chi connectivity index (χ3v) is 5.36. The molecule has 0 N–H and O–H groups in total. The molecule has 0 amide bonds. The van der Waals surface area contributed by atoms with Gasteiger partial charge in [0.05, 0.1) is 6.10 Å². The van der Waals surface area contributed by atoms with Gasteiger partial charge in [-0.25, -0.2) is 0 Å². The quantitative estimate of drug-likeness (QED) is 0.752. The van der Waals surface area contributed by atoms with Gasteiger partial charge >= 0.3 is 9.05 Å². The highest BCUT2D eigenvalue weighted by Gasteiger charge is 2.44. The Hall–Kier alpha value is -0.723. The molecular weight excluding hydrogens is 260 g/mol. The average Bonchev–Trinajstić information content (AvgIpc) is 2.35. The van der Waals surface area contributed by atoms with Crippen molar-refractivity contribution in [1.82, 2.24) is 0 Å². The second-order valence-electron chi connectivity index (χ2n) is 4.68. The van der Waals surface area contributed by atoms with Crippen LogP contribution < -0.4 is 0 Å². The first-order chi connectivity index (χ1) is 8.89. The van der Waals surface area contributed by atoms with Crippen molar-refractivity contribution in [2.24, 2.45) is 0 Å². The van der Waals surface area contributed by atoms with E-state index in [2.05, 4.69) is 32.9 Å². The molecule has 0 radical (unpaired) electrons. The molecule has 108 valence electrons. The Morgan fingerprint density at radius 3 is 1.68 bits per heavy atom. The lowest BCUT2D eigenvalue weighted by Gasteiger charge is -2.28. The van der Waals surface area contributed by atoms with Crippen LogP contribution in [0.2, 0.25) is 0 Å². The summed E-state index contributed by atoms with van der Waals surface area (Å²) >= 11 is 0. The molecule has 0 aliphatic heterocycles. The minimum absolute atomic E-state index is 0.146. The molecule has 1 rings (SSSR count). The van der Waals surface area contributed by atoms with Crippen molar-refractivity contribution in [3.05, 3.63) is 34.4 Å². The summed E-state index contributed by atoms with van der Waals surface area (Å²) in [6.07, 6.45) is -0.146. The minimum Gasteiger partial charge on any atom is -0.355 e. The molecular formula is C14H24O4Si. The lowest BCUT2D eigenvalue weighted by Crippen LogP contribution is -2.47. The van der Waals surface area contributed by atoms with E-state index >= 15 is 0 Å². The van der Waals surface area contributed by atoms with Gasteiger partial charge in [-0.15, -0.1) is 0 Å². The topological polar surface area (TPSA) is 36.9 Å². The Morgan fingerprint density at radius 2 is 1.32 bits per heavy atom. The first kappa shape index (κ1) is 16.3. The largest absolute Gasteiger partial charge is 0.679 e. The zero-order valence-corrected chi connectivity index (χ0v) is 13.9.